The van der Waals surface area contributed by atoms with Gasteiger partial charge in [-0.2, -0.15) is 0 Å². The molecule has 4 aromatic rings. The number of para-hydroxylation sites is 1. The summed E-state index contributed by atoms with van der Waals surface area (Å²) in [6.07, 6.45) is 10.7. The summed E-state index contributed by atoms with van der Waals surface area (Å²) >= 11 is 7.93. The molecule has 234 valence electrons. The van der Waals surface area contributed by atoms with E-state index in [0.29, 0.717) is 46.2 Å². The van der Waals surface area contributed by atoms with Gasteiger partial charge < -0.3 is 19.1 Å². The van der Waals surface area contributed by atoms with Gasteiger partial charge in [0.1, 0.15) is 17.2 Å². The summed E-state index contributed by atoms with van der Waals surface area (Å²) in [5.41, 5.74) is 3.07. The van der Waals surface area contributed by atoms with E-state index < -0.39 is 5.97 Å². The fourth-order valence-corrected chi connectivity index (χ4v) is 7.38. The molecule has 8 nitrogen and oxygen atoms in total. The Balaban J connectivity index is 1.44. The number of carbonyl (C=O) groups excluding carboxylic acids is 1. The third-order valence-electron chi connectivity index (χ3n) is 8.47. The number of aliphatic carboxylic acids is 1. The number of aromatic nitrogens is 2. The van der Waals surface area contributed by atoms with Crippen LogP contribution in [0.3, 0.4) is 0 Å². The summed E-state index contributed by atoms with van der Waals surface area (Å²) in [6.45, 7) is 0.618. The molecule has 10 heteroatoms. The van der Waals surface area contributed by atoms with Crippen LogP contribution < -0.4 is 14.8 Å². The fraction of sp³-hybridized carbons (Fsp3) is 0.441. The van der Waals surface area contributed by atoms with Gasteiger partial charge in [-0.05, 0) is 49.8 Å². The van der Waals surface area contributed by atoms with Gasteiger partial charge in [0.25, 0.3) is 5.91 Å². The predicted octanol–water partition coefficient (Wildman–Crippen LogP) is 8.85. The van der Waals surface area contributed by atoms with Crippen molar-refractivity contribution in [2.24, 2.45) is 5.92 Å². The summed E-state index contributed by atoms with van der Waals surface area (Å²) in [6, 6.07) is 13.4. The van der Waals surface area contributed by atoms with Crippen LogP contribution in [-0.4, -0.2) is 40.8 Å². The summed E-state index contributed by atoms with van der Waals surface area (Å²) in [5.74, 6) is 0.816. The summed E-state index contributed by atoms with van der Waals surface area (Å²) in [7, 11) is 3.19. The van der Waals surface area contributed by atoms with Gasteiger partial charge >= 0.3 is 5.97 Å². The number of thiazole rings is 1. The third kappa shape index (κ3) is 7.56. The molecule has 2 heterocycles. The van der Waals surface area contributed by atoms with Crippen molar-refractivity contribution in [2.45, 2.75) is 77.2 Å². The lowest BCUT2D eigenvalue weighted by atomic mass is 9.86. The summed E-state index contributed by atoms with van der Waals surface area (Å²) < 4.78 is 13.3. The van der Waals surface area contributed by atoms with Gasteiger partial charge in [0, 0.05) is 40.4 Å². The SMILES string of the molecule is COc1cc(-c2nc(NC(=O)c3cc4ccccc4n3CCCCCC(=O)O)sc2CCC2CCCCC2)c(OC)cc1Cl. The Labute approximate surface area is 267 Å². The van der Waals surface area contributed by atoms with Gasteiger partial charge in [0.15, 0.2) is 5.13 Å². The smallest absolute Gasteiger partial charge is 0.303 e. The second-order valence-corrected chi connectivity index (χ2v) is 12.9. The van der Waals surface area contributed by atoms with Crippen LogP contribution in [0.1, 0.15) is 79.6 Å². The molecule has 0 radical (unpaired) electrons. The lowest BCUT2D eigenvalue weighted by Crippen LogP contribution is -2.17. The van der Waals surface area contributed by atoms with Crippen molar-refractivity contribution >= 4 is 50.8 Å². The molecule has 0 bridgehead atoms. The average molecular weight is 638 g/mol. The molecule has 1 aliphatic rings. The first-order valence-corrected chi connectivity index (χ1v) is 16.6. The Morgan fingerprint density at radius 3 is 2.57 bits per heavy atom. The van der Waals surface area contributed by atoms with Crippen LogP contribution >= 0.6 is 22.9 Å². The van der Waals surface area contributed by atoms with E-state index >= 15 is 0 Å². The third-order valence-corrected chi connectivity index (χ3v) is 9.79. The van der Waals surface area contributed by atoms with Crippen LogP contribution in [0.2, 0.25) is 5.02 Å². The number of unbranched alkanes of at least 4 members (excludes halogenated alkanes) is 2. The molecule has 0 spiro atoms. The Kier molecular flexibility index (Phi) is 10.8. The van der Waals surface area contributed by atoms with Gasteiger partial charge in [0.05, 0.1) is 24.9 Å². The molecule has 1 saturated carbocycles. The highest BCUT2D eigenvalue weighted by molar-refractivity contribution is 7.16. The number of nitrogens with zero attached hydrogens (tertiary/aromatic N) is 2. The fourth-order valence-electron chi connectivity index (χ4n) is 6.17. The van der Waals surface area contributed by atoms with E-state index in [1.54, 1.807) is 20.3 Å². The number of nitrogens with one attached hydrogen (secondary N) is 1. The number of methoxy groups -OCH3 is 2. The largest absolute Gasteiger partial charge is 0.496 e. The number of anilines is 1. The first-order chi connectivity index (χ1) is 21.4. The van der Waals surface area contributed by atoms with Crippen molar-refractivity contribution < 1.29 is 24.2 Å². The molecule has 1 fully saturated rings. The Morgan fingerprint density at radius 2 is 1.82 bits per heavy atom. The average Bonchev–Trinajstić information content (AvgIpc) is 3.61. The van der Waals surface area contributed by atoms with Crippen LogP contribution in [0.4, 0.5) is 5.13 Å². The Hall–Kier alpha value is -3.56. The zero-order valence-corrected chi connectivity index (χ0v) is 26.9. The van der Waals surface area contributed by atoms with E-state index in [0.717, 1.165) is 52.7 Å². The molecule has 44 heavy (non-hydrogen) atoms. The minimum absolute atomic E-state index is 0.152. The molecule has 2 aromatic carbocycles. The number of hydrogen-bond donors (Lipinski definition) is 2. The van der Waals surface area contributed by atoms with Gasteiger partial charge in [-0.25, -0.2) is 4.98 Å². The van der Waals surface area contributed by atoms with Crippen LogP contribution in [0.15, 0.2) is 42.5 Å². The molecule has 5 rings (SSSR count). The molecular weight excluding hydrogens is 598 g/mol. The van der Waals surface area contributed by atoms with E-state index in [4.69, 9.17) is 31.2 Å². The van der Waals surface area contributed by atoms with Gasteiger partial charge in [-0.3, -0.25) is 14.9 Å². The minimum Gasteiger partial charge on any atom is -0.496 e. The number of rotatable bonds is 14. The van der Waals surface area contributed by atoms with E-state index in [1.807, 2.05) is 41.0 Å². The quantitative estimate of drug-likeness (QED) is 0.134. The number of fused-ring (bicyclic) bond motifs is 1. The van der Waals surface area contributed by atoms with Crippen molar-refractivity contribution in [3.63, 3.8) is 0 Å². The van der Waals surface area contributed by atoms with E-state index in [2.05, 4.69) is 5.32 Å². The number of benzene rings is 2. The second kappa shape index (κ2) is 14.9. The topological polar surface area (TPSA) is 103 Å². The molecule has 0 atom stereocenters. The van der Waals surface area contributed by atoms with E-state index in [1.165, 1.54) is 43.4 Å². The lowest BCUT2D eigenvalue weighted by molar-refractivity contribution is -0.137. The highest BCUT2D eigenvalue weighted by Crippen LogP contribution is 2.43. The lowest BCUT2D eigenvalue weighted by Gasteiger charge is -2.21. The van der Waals surface area contributed by atoms with Crippen LogP contribution in [0.25, 0.3) is 22.2 Å². The number of carboxylic acid groups (broad SMARTS) is 1. The summed E-state index contributed by atoms with van der Waals surface area (Å²) in [5, 5.41) is 14.0. The normalized spacial score (nSPS) is 13.7. The van der Waals surface area contributed by atoms with Gasteiger partial charge in [-0.15, -0.1) is 11.3 Å². The number of halogens is 1. The molecule has 2 N–H and O–H groups in total. The number of aryl methyl sites for hydroxylation is 2. The van der Waals surface area contributed by atoms with Crippen molar-refractivity contribution in [3.8, 4) is 22.8 Å². The Bertz CT molecular complexity index is 1610. The highest BCUT2D eigenvalue weighted by Gasteiger charge is 2.23. The molecular formula is C34H40ClN3O5S. The maximum absolute atomic E-state index is 13.8. The van der Waals surface area contributed by atoms with Crippen molar-refractivity contribution in [3.05, 3.63) is 58.1 Å². The second-order valence-electron chi connectivity index (χ2n) is 11.4. The zero-order chi connectivity index (χ0) is 31.1. The molecule has 2 aromatic heterocycles. The number of ether oxygens (including phenoxy) is 2. The van der Waals surface area contributed by atoms with Crippen LogP contribution in [0.5, 0.6) is 11.5 Å². The highest BCUT2D eigenvalue weighted by atomic mass is 35.5. The number of carbonyl (C=O) groups is 2. The molecule has 1 aliphatic carbocycles. The minimum atomic E-state index is -0.785. The first-order valence-electron chi connectivity index (χ1n) is 15.4. The molecule has 1 amide bonds. The Morgan fingerprint density at radius 1 is 1.05 bits per heavy atom. The van der Waals surface area contributed by atoms with Crippen LogP contribution in [-0.2, 0) is 17.8 Å². The van der Waals surface area contributed by atoms with Gasteiger partial charge in [0.2, 0.25) is 0 Å². The van der Waals surface area contributed by atoms with E-state index in [9.17, 15) is 9.59 Å². The first kappa shape index (κ1) is 31.9. The standard InChI is InChI=1S/C34H40ClN3O5S/c1-42-28-21-25(35)29(43-2)20-24(28)32-30(17-16-22-11-5-3-6-12-22)44-34(36-32)37-33(41)27-19-23-13-8-9-14-26(23)38(27)18-10-4-7-15-31(39)40/h8-9,13-14,19-22H,3-7,10-12,15-18H2,1-2H3,(H,39,40)(H,36,37,41). The monoisotopic (exact) mass is 637 g/mol. The van der Waals surface area contributed by atoms with Gasteiger partial charge in [-0.1, -0.05) is 68.3 Å². The molecule has 0 aliphatic heterocycles. The molecule has 0 unspecified atom stereocenters. The van der Waals surface area contributed by atoms with Crippen molar-refractivity contribution in [1.29, 1.82) is 0 Å². The van der Waals surface area contributed by atoms with Crippen molar-refractivity contribution in [1.82, 2.24) is 9.55 Å². The van der Waals surface area contributed by atoms with E-state index in [-0.39, 0.29) is 12.3 Å². The number of hydrogen-bond acceptors (Lipinski definition) is 6. The van der Waals surface area contributed by atoms with Crippen molar-refractivity contribution in [2.75, 3.05) is 19.5 Å². The molecule has 0 saturated heterocycles. The predicted molar refractivity (Wildman–Crippen MR) is 177 cm³/mol. The number of amides is 1. The number of carboxylic acids is 1. The summed E-state index contributed by atoms with van der Waals surface area (Å²) in [4.78, 5) is 30.8. The zero-order valence-electron chi connectivity index (χ0n) is 25.4. The van der Waals surface area contributed by atoms with Crippen LogP contribution in [0, 0.1) is 5.92 Å². The maximum Gasteiger partial charge on any atom is 0.303 e. The maximum atomic E-state index is 13.8.